The molecule has 24 heavy (non-hydrogen) atoms. The maximum Gasteiger partial charge on any atom is 0.191 e. The van der Waals surface area contributed by atoms with Gasteiger partial charge in [-0.15, -0.1) is 11.3 Å². The molecule has 1 aromatic heterocycles. The van der Waals surface area contributed by atoms with Gasteiger partial charge in [-0.05, 0) is 40.8 Å². The van der Waals surface area contributed by atoms with Gasteiger partial charge in [0.15, 0.2) is 5.96 Å². The highest BCUT2D eigenvalue weighted by Gasteiger charge is 2.34. The lowest BCUT2D eigenvalue weighted by atomic mass is 9.89. The fourth-order valence-corrected chi connectivity index (χ4v) is 3.55. The molecule has 0 unspecified atom stereocenters. The van der Waals surface area contributed by atoms with Crippen LogP contribution in [0.25, 0.3) is 0 Å². The van der Waals surface area contributed by atoms with Gasteiger partial charge >= 0.3 is 0 Å². The monoisotopic (exact) mass is 353 g/mol. The van der Waals surface area contributed by atoms with E-state index >= 15 is 0 Å². The first-order chi connectivity index (χ1) is 11.6. The molecule has 7 heteroatoms. The van der Waals surface area contributed by atoms with E-state index in [9.17, 15) is 0 Å². The SMILES string of the molecule is CCNC(=NCC1(N(C)C)CCOCC1)NCCc1csc(C)n1. The smallest absolute Gasteiger partial charge is 0.191 e. The second kappa shape index (κ2) is 9.34. The minimum atomic E-state index is 0.104. The van der Waals surface area contributed by atoms with Crippen molar-refractivity contribution in [2.24, 2.45) is 4.99 Å². The predicted octanol–water partition coefficient (Wildman–Crippen LogP) is 1.66. The summed E-state index contributed by atoms with van der Waals surface area (Å²) in [6.07, 6.45) is 2.98. The number of nitrogens with zero attached hydrogens (tertiary/aromatic N) is 3. The first kappa shape index (κ1) is 19.1. The zero-order valence-electron chi connectivity index (χ0n) is 15.4. The number of hydrogen-bond acceptors (Lipinski definition) is 5. The second-order valence-electron chi connectivity index (χ2n) is 6.46. The van der Waals surface area contributed by atoms with Crippen LogP contribution in [0.5, 0.6) is 0 Å². The van der Waals surface area contributed by atoms with Crippen LogP contribution in [-0.2, 0) is 11.2 Å². The Labute approximate surface area is 149 Å². The van der Waals surface area contributed by atoms with E-state index in [1.54, 1.807) is 11.3 Å². The van der Waals surface area contributed by atoms with Crippen molar-refractivity contribution < 1.29 is 4.74 Å². The van der Waals surface area contributed by atoms with Crippen LogP contribution in [-0.4, -0.2) is 68.3 Å². The van der Waals surface area contributed by atoms with Crippen LogP contribution in [0.2, 0.25) is 0 Å². The Morgan fingerprint density at radius 3 is 2.71 bits per heavy atom. The normalized spacial score (nSPS) is 18.0. The van der Waals surface area contributed by atoms with Gasteiger partial charge in [-0.3, -0.25) is 4.99 Å². The van der Waals surface area contributed by atoms with Gasteiger partial charge in [-0.25, -0.2) is 4.98 Å². The minimum Gasteiger partial charge on any atom is -0.381 e. The number of nitrogens with one attached hydrogen (secondary N) is 2. The third kappa shape index (κ3) is 5.43. The summed E-state index contributed by atoms with van der Waals surface area (Å²) in [6, 6.07) is 0. The molecule has 0 amide bonds. The zero-order valence-corrected chi connectivity index (χ0v) is 16.2. The van der Waals surface area contributed by atoms with Gasteiger partial charge in [0.2, 0.25) is 0 Å². The lowest BCUT2D eigenvalue weighted by molar-refractivity contribution is -0.00254. The van der Waals surface area contributed by atoms with Crippen LogP contribution in [0, 0.1) is 6.92 Å². The van der Waals surface area contributed by atoms with Crippen LogP contribution in [0.15, 0.2) is 10.4 Å². The molecular weight excluding hydrogens is 322 g/mol. The Bertz CT molecular complexity index is 523. The minimum absolute atomic E-state index is 0.104. The third-order valence-electron chi connectivity index (χ3n) is 4.59. The summed E-state index contributed by atoms with van der Waals surface area (Å²) in [4.78, 5) is 11.7. The van der Waals surface area contributed by atoms with Crippen LogP contribution < -0.4 is 10.6 Å². The van der Waals surface area contributed by atoms with Gasteiger partial charge < -0.3 is 20.3 Å². The van der Waals surface area contributed by atoms with Crippen molar-refractivity contribution in [3.05, 3.63) is 16.1 Å². The summed E-state index contributed by atoms with van der Waals surface area (Å²) in [5.74, 6) is 0.886. The highest BCUT2D eigenvalue weighted by molar-refractivity contribution is 7.09. The number of aromatic nitrogens is 1. The van der Waals surface area contributed by atoms with E-state index in [-0.39, 0.29) is 5.54 Å². The molecule has 0 spiro atoms. The van der Waals surface area contributed by atoms with Crippen molar-refractivity contribution in [2.45, 2.75) is 38.6 Å². The maximum atomic E-state index is 5.53. The van der Waals surface area contributed by atoms with Crippen molar-refractivity contribution in [3.63, 3.8) is 0 Å². The molecule has 6 nitrogen and oxygen atoms in total. The Balaban J connectivity index is 1.91. The van der Waals surface area contributed by atoms with Crippen molar-refractivity contribution in [1.29, 1.82) is 0 Å². The molecule has 0 aliphatic carbocycles. The van der Waals surface area contributed by atoms with Gasteiger partial charge in [-0.2, -0.15) is 0 Å². The van der Waals surface area contributed by atoms with Crippen molar-refractivity contribution in [2.75, 3.05) is 46.9 Å². The van der Waals surface area contributed by atoms with E-state index in [0.717, 1.165) is 68.8 Å². The summed E-state index contributed by atoms with van der Waals surface area (Å²) >= 11 is 1.70. The van der Waals surface area contributed by atoms with Crippen molar-refractivity contribution in [3.8, 4) is 0 Å². The average Bonchev–Trinajstić information content (AvgIpc) is 2.98. The van der Waals surface area contributed by atoms with Crippen LogP contribution in [0.4, 0.5) is 0 Å². The Kier molecular flexibility index (Phi) is 7.45. The predicted molar refractivity (Wildman–Crippen MR) is 101 cm³/mol. The molecule has 0 saturated carbocycles. The number of aliphatic imine (C=N–C) groups is 1. The molecular formula is C17H31N5OS. The highest BCUT2D eigenvalue weighted by Crippen LogP contribution is 2.26. The lowest BCUT2D eigenvalue weighted by Gasteiger charge is -2.41. The Hall–Kier alpha value is -1.18. The highest BCUT2D eigenvalue weighted by atomic mass is 32.1. The molecule has 1 saturated heterocycles. The van der Waals surface area contributed by atoms with Crippen molar-refractivity contribution >= 4 is 17.3 Å². The van der Waals surface area contributed by atoms with Crippen LogP contribution in [0.3, 0.4) is 0 Å². The maximum absolute atomic E-state index is 5.53. The van der Waals surface area contributed by atoms with Gasteiger partial charge in [0.25, 0.3) is 0 Å². The van der Waals surface area contributed by atoms with E-state index < -0.39 is 0 Å². The van der Waals surface area contributed by atoms with Gasteiger partial charge in [0.1, 0.15) is 0 Å². The molecule has 1 aromatic rings. The van der Waals surface area contributed by atoms with Gasteiger partial charge in [0, 0.05) is 43.6 Å². The van der Waals surface area contributed by atoms with E-state index in [1.165, 1.54) is 0 Å². The Morgan fingerprint density at radius 1 is 1.38 bits per heavy atom. The summed E-state index contributed by atoms with van der Waals surface area (Å²) in [7, 11) is 4.29. The molecule has 0 atom stereocenters. The topological polar surface area (TPSA) is 61.8 Å². The molecule has 136 valence electrons. The number of aryl methyl sites for hydroxylation is 1. The molecule has 1 aliphatic heterocycles. The number of rotatable bonds is 7. The summed E-state index contributed by atoms with van der Waals surface area (Å²) in [5, 5.41) is 10.0. The quantitative estimate of drug-likeness (QED) is 0.577. The molecule has 2 N–H and O–H groups in total. The lowest BCUT2D eigenvalue weighted by Crippen LogP contribution is -2.51. The van der Waals surface area contributed by atoms with E-state index in [0.29, 0.717) is 0 Å². The van der Waals surface area contributed by atoms with E-state index in [1.807, 2.05) is 6.92 Å². The zero-order chi connectivity index (χ0) is 17.4. The number of hydrogen-bond donors (Lipinski definition) is 2. The number of guanidine groups is 1. The van der Waals surface area contributed by atoms with E-state index in [2.05, 4.69) is 46.9 Å². The Morgan fingerprint density at radius 2 is 2.12 bits per heavy atom. The van der Waals surface area contributed by atoms with Gasteiger partial charge in [-0.1, -0.05) is 0 Å². The molecule has 1 fully saturated rings. The van der Waals surface area contributed by atoms with Crippen LogP contribution in [0.1, 0.15) is 30.5 Å². The molecule has 1 aliphatic rings. The number of thiazole rings is 1. The molecule has 0 aromatic carbocycles. The molecule has 2 heterocycles. The molecule has 0 bridgehead atoms. The molecule has 0 radical (unpaired) electrons. The van der Waals surface area contributed by atoms with Crippen molar-refractivity contribution in [1.82, 2.24) is 20.5 Å². The number of ether oxygens (including phenoxy) is 1. The molecule has 2 rings (SSSR count). The fourth-order valence-electron chi connectivity index (χ4n) is 2.90. The van der Waals surface area contributed by atoms with E-state index in [4.69, 9.17) is 9.73 Å². The fraction of sp³-hybridized carbons (Fsp3) is 0.765. The third-order valence-corrected chi connectivity index (χ3v) is 5.41. The summed E-state index contributed by atoms with van der Waals surface area (Å²) in [5.41, 5.74) is 1.25. The van der Waals surface area contributed by atoms with Gasteiger partial charge in [0.05, 0.1) is 17.2 Å². The standard InChI is InChI=1S/C17H31N5OS/c1-5-18-16(19-9-6-15-12-24-14(2)21-15)20-13-17(22(3)4)7-10-23-11-8-17/h12H,5-11,13H2,1-4H3,(H2,18,19,20). The number of likely N-dealkylation sites (N-methyl/N-ethyl adjacent to an activating group) is 1. The summed E-state index contributed by atoms with van der Waals surface area (Å²) in [6.45, 7) is 8.27. The van der Waals surface area contributed by atoms with Crippen LogP contribution >= 0.6 is 11.3 Å². The first-order valence-corrected chi connectivity index (χ1v) is 9.62. The largest absolute Gasteiger partial charge is 0.381 e. The average molecular weight is 354 g/mol. The first-order valence-electron chi connectivity index (χ1n) is 8.74. The second-order valence-corrected chi connectivity index (χ2v) is 7.52. The summed E-state index contributed by atoms with van der Waals surface area (Å²) < 4.78 is 5.53.